The van der Waals surface area contributed by atoms with Crippen LogP contribution in [-0.4, -0.2) is 29.8 Å². The number of amides is 1. The molecule has 0 aliphatic heterocycles. The van der Waals surface area contributed by atoms with E-state index in [9.17, 15) is 9.59 Å². The Balaban J connectivity index is 1.97. The molecule has 0 saturated heterocycles. The Morgan fingerprint density at radius 3 is 2.24 bits per heavy atom. The first-order valence-corrected chi connectivity index (χ1v) is 7.34. The van der Waals surface area contributed by atoms with Crippen molar-refractivity contribution in [3.63, 3.8) is 0 Å². The van der Waals surface area contributed by atoms with Gasteiger partial charge in [0.15, 0.2) is 0 Å². The molecule has 0 aliphatic rings. The van der Waals surface area contributed by atoms with Crippen LogP contribution in [0.5, 0.6) is 0 Å². The lowest BCUT2D eigenvalue weighted by Crippen LogP contribution is -2.27. The number of carbonyl (C=O) groups excluding carboxylic acids is 1. The van der Waals surface area contributed by atoms with Gasteiger partial charge in [-0.3, -0.25) is 4.79 Å². The van der Waals surface area contributed by atoms with E-state index in [1.807, 2.05) is 30.3 Å². The second kappa shape index (κ2) is 6.95. The van der Waals surface area contributed by atoms with Crippen molar-refractivity contribution >= 4 is 29.3 Å². The molecule has 2 aromatic carbocycles. The molecule has 0 unspecified atom stereocenters. The summed E-state index contributed by atoms with van der Waals surface area (Å²) >= 11 is 1.47. The molecule has 0 spiro atoms. The van der Waals surface area contributed by atoms with Crippen molar-refractivity contribution in [1.82, 2.24) is 0 Å². The number of carboxylic acid groups (broad SMARTS) is 1. The monoisotopic (exact) mass is 301 g/mol. The molecular formula is C16H15NO3S. The summed E-state index contributed by atoms with van der Waals surface area (Å²) in [6.45, 7) is 0. The first-order chi connectivity index (χ1) is 10.1. The summed E-state index contributed by atoms with van der Waals surface area (Å²) in [6.07, 6.45) is 0. The number of rotatable bonds is 5. The molecule has 0 atom stereocenters. The van der Waals surface area contributed by atoms with E-state index in [2.05, 4.69) is 0 Å². The highest BCUT2D eigenvalue weighted by Crippen LogP contribution is 2.20. The zero-order valence-electron chi connectivity index (χ0n) is 11.5. The summed E-state index contributed by atoms with van der Waals surface area (Å²) in [5, 5.41) is 8.85. The molecule has 0 bridgehead atoms. The van der Waals surface area contributed by atoms with Gasteiger partial charge in [0.1, 0.15) is 0 Å². The van der Waals surface area contributed by atoms with E-state index in [1.165, 1.54) is 28.8 Å². The van der Waals surface area contributed by atoms with Crippen LogP contribution in [-0.2, 0) is 4.79 Å². The van der Waals surface area contributed by atoms with E-state index < -0.39 is 5.97 Å². The van der Waals surface area contributed by atoms with Crippen molar-refractivity contribution in [2.75, 3.05) is 17.7 Å². The van der Waals surface area contributed by atoms with Crippen molar-refractivity contribution in [3.8, 4) is 0 Å². The van der Waals surface area contributed by atoms with Gasteiger partial charge in [-0.05, 0) is 36.4 Å². The lowest BCUT2D eigenvalue weighted by molar-refractivity contribution is -0.115. The van der Waals surface area contributed by atoms with Gasteiger partial charge in [-0.2, -0.15) is 0 Å². The quantitative estimate of drug-likeness (QED) is 0.862. The minimum Gasteiger partial charge on any atom is -0.478 e. The number of anilines is 1. The first kappa shape index (κ1) is 15.1. The molecule has 0 saturated carbocycles. The van der Waals surface area contributed by atoms with Crippen molar-refractivity contribution < 1.29 is 14.7 Å². The topological polar surface area (TPSA) is 57.6 Å². The van der Waals surface area contributed by atoms with E-state index in [0.717, 1.165) is 4.90 Å². The molecule has 0 fully saturated rings. The zero-order chi connectivity index (χ0) is 15.2. The van der Waals surface area contributed by atoms with Crippen LogP contribution in [0.3, 0.4) is 0 Å². The van der Waals surface area contributed by atoms with Gasteiger partial charge in [0.25, 0.3) is 0 Å². The molecule has 0 aromatic heterocycles. The molecule has 0 aliphatic carbocycles. The predicted molar refractivity (Wildman–Crippen MR) is 84.0 cm³/mol. The molecule has 5 heteroatoms. The number of carboxylic acids is 1. The normalized spacial score (nSPS) is 10.1. The van der Waals surface area contributed by atoms with Gasteiger partial charge >= 0.3 is 5.97 Å². The number of carbonyl (C=O) groups is 2. The SMILES string of the molecule is CN(C(=O)CSc1ccccc1)c1ccc(C(=O)O)cc1. The fourth-order valence-electron chi connectivity index (χ4n) is 1.73. The summed E-state index contributed by atoms with van der Waals surface area (Å²) < 4.78 is 0. The minimum atomic E-state index is -0.977. The second-order valence-electron chi connectivity index (χ2n) is 4.41. The Morgan fingerprint density at radius 2 is 1.67 bits per heavy atom. The van der Waals surface area contributed by atoms with E-state index >= 15 is 0 Å². The highest BCUT2D eigenvalue weighted by atomic mass is 32.2. The molecule has 0 heterocycles. The fourth-order valence-corrected chi connectivity index (χ4v) is 2.56. The molecule has 1 N–H and O–H groups in total. The third-order valence-corrected chi connectivity index (χ3v) is 3.98. The fraction of sp³-hybridized carbons (Fsp3) is 0.125. The Hall–Kier alpha value is -2.27. The summed E-state index contributed by atoms with van der Waals surface area (Å²) in [6, 6.07) is 16.0. The molecule has 2 rings (SSSR count). The Morgan fingerprint density at radius 1 is 1.05 bits per heavy atom. The molecule has 108 valence electrons. The van der Waals surface area contributed by atoms with Crippen LogP contribution in [0.15, 0.2) is 59.5 Å². The van der Waals surface area contributed by atoms with Gasteiger partial charge < -0.3 is 10.0 Å². The lowest BCUT2D eigenvalue weighted by Gasteiger charge is -2.17. The summed E-state index contributed by atoms with van der Waals surface area (Å²) in [7, 11) is 1.68. The van der Waals surface area contributed by atoms with Crippen LogP contribution in [0.1, 0.15) is 10.4 Å². The average Bonchev–Trinajstić information content (AvgIpc) is 2.53. The van der Waals surface area contributed by atoms with Crippen LogP contribution >= 0.6 is 11.8 Å². The first-order valence-electron chi connectivity index (χ1n) is 6.35. The van der Waals surface area contributed by atoms with Gasteiger partial charge in [-0.15, -0.1) is 11.8 Å². The van der Waals surface area contributed by atoms with E-state index in [-0.39, 0.29) is 11.5 Å². The molecule has 21 heavy (non-hydrogen) atoms. The molecular weight excluding hydrogens is 286 g/mol. The number of thioether (sulfide) groups is 1. The predicted octanol–water partition coefficient (Wildman–Crippen LogP) is 3.14. The number of hydrogen-bond acceptors (Lipinski definition) is 3. The molecule has 2 aromatic rings. The van der Waals surface area contributed by atoms with Gasteiger partial charge in [-0.1, -0.05) is 18.2 Å². The standard InChI is InChI=1S/C16H15NO3S/c1-17(13-9-7-12(8-10-13)16(19)20)15(18)11-21-14-5-3-2-4-6-14/h2-10H,11H2,1H3,(H,19,20). The van der Waals surface area contributed by atoms with Crippen LogP contribution < -0.4 is 4.90 Å². The van der Waals surface area contributed by atoms with Crippen LogP contribution in [0.4, 0.5) is 5.69 Å². The lowest BCUT2D eigenvalue weighted by atomic mass is 10.2. The number of benzene rings is 2. The summed E-state index contributed by atoms with van der Waals surface area (Å²) in [4.78, 5) is 25.5. The van der Waals surface area contributed by atoms with Crippen LogP contribution in [0.2, 0.25) is 0 Å². The maximum absolute atomic E-state index is 12.1. The van der Waals surface area contributed by atoms with Gasteiger partial charge in [-0.25, -0.2) is 4.79 Å². The Labute approximate surface area is 127 Å². The van der Waals surface area contributed by atoms with E-state index in [1.54, 1.807) is 19.2 Å². The number of hydrogen-bond donors (Lipinski definition) is 1. The second-order valence-corrected chi connectivity index (χ2v) is 5.46. The van der Waals surface area contributed by atoms with Gasteiger partial charge in [0.2, 0.25) is 5.91 Å². The maximum Gasteiger partial charge on any atom is 0.335 e. The third kappa shape index (κ3) is 4.10. The van der Waals surface area contributed by atoms with Crippen molar-refractivity contribution in [1.29, 1.82) is 0 Å². The van der Waals surface area contributed by atoms with Crippen molar-refractivity contribution in [3.05, 3.63) is 60.2 Å². The number of nitrogens with zero attached hydrogens (tertiary/aromatic N) is 1. The van der Waals surface area contributed by atoms with Crippen LogP contribution in [0, 0.1) is 0 Å². The van der Waals surface area contributed by atoms with E-state index in [0.29, 0.717) is 11.4 Å². The largest absolute Gasteiger partial charge is 0.478 e. The molecule has 0 radical (unpaired) electrons. The summed E-state index contributed by atoms with van der Waals surface area (Å²) in [5.41, 5.74) is 0.886. The van der Waals surface area contributed by atoms with E-state index in [4.69, 9.17) is 5.11 Å². The Bertz CT molecular complexity index is 626. The third-order valence-electron chi connectivity index (χ3n) is 2.98. The highest BCUT2D eigenvalue weighted by molar-refractivity contribution is 8.00. The smallest absolute Gasteiger partial charge is 0.335 e. The van der Waals surface area contributed by atoms with Gasteiger partial charge in [0, 0.05) is 17.6 Å². The van der Waals surface area contributed by atoms with Crippen LogP contribution in [0.25, 0.3) is 0 Å². The zero-order valence-corrected chi connectivity index (χ0v) is 12.3. The molecule has 1 amide bonds. The highest BCUT2D eigenvalue weighted by Gasteiger charge is 2.12. The average molecular weight is 301 g/mol. The van der Waals surface area contributed by atoms with Gasteiger partial charge in [0.05, 0.1) is 11.3 Å². The number of aromatic carboxylic acids is 1. The van der Waals surface area contributed by atoms with Crippen molar-refractivity contribution in [2.24, 2.45) is 0 Å². The maximum atomic E-state index is 12.1. The Kier molecular flexibility index (Phi) is 5.00. The molecule has 4 nitrogen and oxygen atoms in total. The minimum absolute atomic E-state index is 0.0353. The summed E-state index contributed by atoms with van der Waals surface area (Å²) in [5.74, 6) is -0.677. The van der Waals surface area contributed by atoms with Crippen molar-refractivity contribution in [2.45, 2.75) is 4.90 Å².